The van der Waals surface area contributed by atoms with E-state index < -0.39 is 6.04 Å². The predicted molar refractivity (Wildman–Crippen MR) is 87.5 cm³/mol. The number of hydrogen-bond acceptors (Lipinski definition) is 5. The van der Waals surface area contributed by atoms with Crippen LogP contribution in [-0.2, 0) is 4.79 Å². The zero-order chi connectivity index (χ0) is 16.8. The van der Waals surface area contributed by atoms with Crippen molar-refractivity contribution in [1.29, 1.82) is 0 Å². The lowest BCUT2D eigenvalue weighted by atomic mass is 10.1. The van der Waals surface area contributed by atoms with Crippen molar-refractivity contribution in [3.63, 3.8) is 0 Å². The van der Waals surface area contributed by atoms with Crippen molar-refractivity contribution in [2.45, 2.75) is 19.9 Å². The lowest BCUT2D eigenvalue weighted by Gasteiger charge is -2.13. The number of aromatic nitrogens is 2. The molecular weight excluding hydrogens is 294 g/mol. The normalized spacial score (nSPS) is 11.6. The van der Waals surface area contributed by atoms with Gasteiger partial charge in [0.2, 0.25) is 11.9 Å². The van der Waals surface area contributed by atoms with Crippen LogP contribution >= 0.6 is 0 Å². The molecule has 23 heavy (non-hydrogen) atoms. The molecule has 0 spiro atoms. The summed E-state index contributed by atoms with van der Waals surface area (Å²) in [6, 6.07) is 8.04. The second-order valence-electron chi connectivity index (χ2n) is 4.97. The van der Waals surface area contributed by atoms with Crippen LogP contribution in [0.1, 0.15) is 24.2 Å². The first-order chi connectivity index (χ1) is 11.0. The maximum atomic E-state index is 12.1. The van der Waals surface area contributed by atoms with E-state index in [4.69, 9.17) is 5.73 Å². The zero-order valence-electron chi connectivity index (χ0n) is 13.0. The number of nitrogen functional groups attached to an aromatic ring is 1. The summed E-state index contributed by atoms with van der Waals surface area (Å²) in [6.45, 7) is 3.99. The molecule has 7 nitrogen and oxygen atoms in total. The molecule has 0 aliphatic heterocycles. The molecule has 0 aliphatic rings. The minimum atomic E-state index is -0.594. The lowest BCUT2D eigenvalue weighted by molar-refractivity contribution is -0.122. The second-order valence-corrected chi connectivity index (χ2v) is 4.97. The molecule has 0 bridgehead atoms. The minimum absolute atomic E-state index is 0.195. The van der Waals surface area contributed by atoms with E-state index in [9.17, 15) is 9.59 Å². The average Bonchev–Trinajstić information content (AvgIpc) is 2.55. The summed E-state index contributed by atoms with van der Waals surface area (Å²) in [5.74, 6) is -0.327. The van der Waals surface area contributed by atoms with Gasteiger partial charge in [0, 0.05) is 23.9 Å². The standard InChI is InChI=1S/C16H19N5O2/c1-3-18-14(22)10(2)20-15(23)12-6-4-11(5-7-12)13-8-9-19-16(17)21-13/h4-10H,3H2,1-2H3,(H,18,22)(H,20,23)(H2,17,19,21)/t10-/m0/s1. The number of benzene rings is 1. The lowest BCUT2D eigenvalue weighted by Crippen LogP contribution is -2.44. The number of likely N-dealkylation sites (N-methyl/N-ethyl adjacent to an activating group) is 1. The van der Waals surface area contributed by atoms with E-state index in [1.165, 1.54) is 0 Å². The van der Waals surface area contributed by atoms with Crippen LogP contribution in [0.3, 0.4) is 0 Å². The molecule has 2 aromatic rings. The summed E-state index contributed by atoms with van der Waals surface area (Å²) in [4.78, 5) is 31.7. The second kappa shape index (κ2) is 7.35. The van der Waals surface area contributed by atoms with Crippen molar-refractivity contribution in [3.05, 3.63) is 42.1 Å². The highest BCUT2D eigenvalue weighted by Crippen LogP contribution is 2.17. The van der Waals surface area contributed by atoms with E-state index in [-0.39, 0.29) is 17.8 Å². The van der Waals surface area contributed by atoms with Crippen LogP contribution in [0.5, 0.6) is 0 Å². The van der Waals surface area contributed by atoms with Crippen LogP contribution in [0.15, 0.2) is 36.5 Å². The fraction of sp³-hybridized carbons (Fsp3) is 0.250. The summed E-state index contributed by atoms with van der Waals surface area (Å²) >= 11 is 0. The molecule has 0 radical (unpaired) electrons. The number of carbonyl (C=O) groups excluding carboxylic acids is 2. The topological polar surface area (TPSA) is 110 Å². The Balaban J connectivity index is 2.07. The van der Waals surface area contributed by atoms with E-state index in [1.54, 1.807) is 43.5 Å². The Labute approximate surface area is 134 Å². The summed E-state index contributed by atoms with van der Waals surface area (Å²) in [5, 5.41) is 5.31. The molecule has 120 valence electrons. The Morgan fingerprint density at radius 1 is 1.22 bits per heavy atom. The monoisotopic (exact) mass is 313 g/mol. The molecule has 4 N–H and O–H groups in total. The van der Waals surface area contributed by atoms with Crippen molar-refractivity contribution in [2.24, 2.45) is 0 Å². The van der Waals surface area contributed by atoms with Gasteiger partial charge in [-0.1, -0.05) is 12.1 Å². The van der Waals surface area contributed by atoms with Crippen molar-refractivity contribution in [2.75, 3.05) is 12.3 Å². The van der Waals surface area contributed by atoms with Crippen LogP contribution in [0.4, 0.5) is 5.95 Å². The van der Waals surface area contributed by atoms with Gasteiger partial charge in [-0.2, -0.15) is 0 Å². The molecule has 0 fully saturated rings. The number of anilines is 1. The first-order valence-electron chi connectivity index (χ1n) is 7.28. The number of nitrogens with two attached hydrogens (primary N) is 1. The van der Waals surface area contributed by atoms with Gasteiger partial charge in [0.05, 0.1) is 5.69 Å². The van der Waals surface area contributed by atoms with Crippen molar-refractivity contribution in [1.82, 2.24) is 20.6 Å². The van der Waals surface area contributed by atoms with Crippen LogP contribution in [0.25, 0.3) is 11.3 Å². The van der Waals surface area contributed by atoms with E-state index in [2.05, 4.69) is 20.6 Å². The van der Waals surface area contributed by atoms with Gasteiger partial charge in [-0.3, -0.25) is 9.59 Å². The summed E-state index contributed by atoms with van der Waals surface area (Å²) < 4.78 is 0. The number of nitrogens with one attached hydrogen (secondary N) is 2. The van der Waals surface area contributed by atoms with E-state index in [0.29, 0.717) is 17.8 Å². The Morgan fingerprint density at radius 3 is 2.52 bits per heavy atom. The molecule has 1 aromatic heterocycles. The van der Waals surface area contributed by atoms with E-state index in [1.807, 2.05) is 6.92 Å². The molecule has 2 amide bonds. The molecule has 1 heterocycles. The van der Waals surface area contributed by atoms with Gasteiger partial charge in [-0.25, -0.2) is 9.97 Å². The Bertz CT molecular complexity index is 700. The molecule has 0 aliphatic carbocycles. The molecule has 1 atom stereocenters. The third-order valence-corrected chi connectivity index (χ3v) is 3.21. The highest BCUT2D eigenvalue weighted by atomic mass is 16.2. The maximum absolute atomic E-state index is 12.1. The van der Waals surface area contributed by atoms with Gasteiger partial charge < -0.3 is 16.4 Å². The average molecular weight is 313 g/mol. The molecule has 0 saturated carbocycles. The van der Waals surface area contributed by atoms with Crippen LogP contribution in [0.2, 0.25) is 0 Å². The zero-order valence-corrected chi connectivity index (χ0v) is 13.0. The third kappa shape index (κ3) is 4.26. The summed E-state index contributed by atoms with van der Waals surface area (Å²) in [7, 11) is 0. The predicted octanol–water partition coefficient (Wildman–Crippen LogP) is 0.980. The first-order valence-corrected chi connectivity index (χ1v) is 7.28. The molecule has 7 heteroatoms. The highest BCUT2D eigenvalue weighted by molar-refractivity contribution is 5.97. The number of nitrogens with zero attached hydrogens (tertiary/aromatic N) is 2. The molecule has 2 rings (SSSR count). The maximum Gasteiger partial charge on any atom is 0.251 e. The van der Waals surface area contributed by atoms with Gasteiger partial charge in [-0.05, 0) is 32.0 Å². The van der Waals surface area contributed by atoms with Crippen molar-refractivity contribution in [3.8, 4) is 11.3 Å². The van der Waals surface area contributed by atoms with Crippen LogP contribution in [-0.4, -0.2) is 34.4 Å². The van der Waals surface area contributed by atoms with E-state index in [0.717, 1.165) is 5.56 Å². The van der Waals surface area contributed by atoms with Gasteiger partial charge in [0.25, 0.3) is 5.91 Å². The van der Waals surface area contributed by atoms with Gasteiger partial charge in [0.1, 0.15) is 6.04 Å². The van der Waals surface area contributed by atoms with Crippen LogP contribution < -0.4 is 16.4 Å². The number of amides is 2. The Kier molecular flexibility index (Phi) is 5.24. The Hall–Kier alpha value is -2.96. The molecular formula is C16H19N5O2. The van der Waals surface area contributed by atoms with Crippen LogP contribution in [0, 0.1) is 0 Å². The Morgan fingerprint density at radius 2 is 1.91 bits per heavy atom. The van der Waals surface area contributed by atoms with Gasteiger partial charge in [-0.15, -0.1) is 0 Å². The number of rotatable bonds is 5. The van der Waals surface area contributed by atoms with Crippen molar-refractivity contribution < 1.29 is 9.59 Å². The fourth-order valence-electron chi connectivity index (χ4n) is 2.00. The van der Waals surface area contributed by atoms with Crippen molar-refractivity contribution >= 4 is 17.8 Å². The van der Waals surface area contributed by atoms with Gasteiger partial charge in [0.15, 0.2) is 0 Å². The summed E-state index contributed by atoms with van der Waals surface area (Å²) in [6.07, 6.45) is 1.58. The smallest absolute Gasteiger partial charge is 0.251 e. The largest absolute Gasteiger partial charge is 0.368 e. The molecule has 0 unspecified atom stereocenters. The summed E-state index contributed by atoms with van der Waals surface area (Å²) in [5.41, 5.74) is 7.53. The third-order valence-electron chi connectivity index (χ3n) is 3.21. The molecule has 1 aromatic carbocycles. The SMILES string of the molecule is CCNC(=O)[C@H](C)NC(=O)c1ccc(-c2ccnc(N)n2)cc1. The number of carbonyl (C=O) groups is 2. The van der Waals surface area contributed by atoms with Gasteiger partial charge >= 0.3 is 0 Å². The minimum Gasteiger partial charge on any atom is -0.368 e. The fourth-order valence-corrected chi connectivity index (χ4v) is 2.00. The molecule has 0 saturated heterocycles. The quantitative estimate of drug-likeness (QED) is 0.762. The number of hydrogen-bond donors (Lipinski definition) is 3. The highest BCUT2D eigenvalue weighted by Gasteiger charge is 2.15. The first kappa shape index (κ1) is 16.4. The van der Waals surface area contributed by atoms with E-state index >= 15 is 0 Å².